The molecule has 106 valence electrons. The highest BCUT2D eigenvalue weighted by molar-refractivity contribution is 5.86. The van der Waals surface area contributed by atoms with Crippen LogP contribution in [0.25, 0.3) is 10.8 Å². The van der Waals surface area contributed by atoms with Crippen LogP contribution in [0.5, 0.6) is 0 Å². The van der Waals surface area contributed by atoms with Crippen LogP contribution in [0.2, 0.25) is 0 Å². The molecule has 0 aliphatic heterocycles. The van der Waals surface area contributed by atoms with E-state index >= 15 is 0 Å². The van der Waals surface area contributed by atoms with Gasteiger partial charge in [0.25, 0.3) is 0 Å². The minimum Gasteiger partial charge on any atom is -0.320 e. The van der Waals surface area contributed by atoms with E-state index in [4.69, 9.17) is 0 Å². The Labute approximate surface area is 122 Å². The molecule has 1 saturated carbocycles. The molecule has 2 aromatic rings. The Morgan fingerprint density at radius 1 is 0.950 bits per heavy atom. The van der Waals surface area contributed by atoms with Crippen molar-refractivity contribution in [3.8, 4) is 0 Å². The Morgan fingerprint density at radius 2 is 1.70 bits per heavy atom. The van der Waals surface area contributed by atoms with E-state index in [0.717, 1.165) is 6.54 Å². The molecule has 2 aromatic carbocycles. The van der Waals surface area contributed by atoms with E-state index in [1.807, 2.05) is 0 Å². The van der Waals surface area contributed by atoms with E-state index in [9.17, 15) is 0 Å². The second kappa shape index (κ2) is 5.97. The van der Waals surface area contributed by atoms with Crippen LogP contribution >= 0.6 is 0 Å². The van der Waals surface area contributed by atoms with Crippen LogP contribution < -0.4 is 5.32 Å². The molecule has 0 saturated heterocycles. The Balaban J connectivity index is 2.08. The van der Waals surface area contributed by atoms with Crippen LogP contribution in [0.3, 0.4) is 0 Å². The fourth-order valence-electron chi connectivity index (χ4n) is 3.93. The smallest absolute Gasteiger partial charge is 0.00288 e. The Morgan fingerprint density at radius 3 is 2.50 bits per heavy atom. The quantitative estimate of drug-likeness (QED) is 0.850. The van der Waals surface area contributed by atoms with Crippen molar-refractivity contribution in [1.29, 1.82) is 0 Å². The van der Waals surface area contributed by atoms with Crippen molar-refractivity contribution in [3.05, 3.63) is 48.0 Å². The van der Waals surface area contributed by atoms with E-state index in [0.29, 0.717) is 5.41 Å². The van der Waals surface area contributed by atoms with Crippen LogP contribution in [0, 0.1) is 0 Å². The summed E-state index contributed by atoms with van der Waals surface area (Å²) in [6.45, 7) is 1.11. The van der Waals surface area contributed by atoms with Gasteiger partial charge in [-0.2, -0.15) is 0 Å². The Hall–Kier alpha value is -1.34. The summed E-state index contributed by atoms with van der Waals surface area (Å²) in [6.07, 6.45) is 8.13. The first kappa shape index (κ1) is 13.6. The van der Waals surface area contributed by atoms with Crippen molar-refractivity contribution in [3.63, 3.8) is 0 Å². The summed E-state index contributed by atoms with van der Waals surface area (Å²) in [7, 11) is 2.07. The van der Waals surface area contributed by atoms with Crippen LogP contribution in [0.4, 0.5) is 0 Å². The lowest BCUT2D eigenvalue weighted by molar-refractivity contribution is 0.275. The molecule has 0 atom stereocenters. The average Bonchev–Trinajstić information content (AvgIpc) is 2.53. The number of hydrogen-bond donors (Lipinski definition) is 1. The molecule has 1 heteroatoms. The van der Waals surface area contributed by atoms with E-state index in [-0.39, 0.29) is 0 Å². The van der Waals surface area contributed by atoms with E-state index in [1.54, 1.807) is 5.56 Å². The van der Waals surface area contributed by atoms with Crippen molar-refractivity contribution >= 4 is 10.8 Å². The predicted octanol–water partition coefficient (Wildman–Crippen LogP) is 4.65. The highest BCUT2D eigenvalue weighted by Gasteiger charge is 2.34. The molecule has 0 radical (unpaired) electrons. The van der Waals surface area contributed by atoms with E-state index in [2.05, 4.69) is 54.8 Å². The van der Waals surface area contributed by atoms with Crippen LogP contribution in [-0.2, 0) is 5.41 Å². The third kappa shape index (κ3) is 2.47. The van der Waals surface area contributed by atoms with Gasteiger partial charge in [0.15, 0.2) is 0 Å². The van der Waals surface area contributed by atoms with Gasteiger partial charge in [0.05, 0.1) is 0 Å². The van der Waals surface area contributed by atoms with Gasteiger partial charge in [-0.15, -0.1) is 0 Å². The van der Waals surface area contributed by atoms with Gasteiger partial charge >= 0.3 is 0 Å². The summed E-state index contributed by atoms with van der Waals surface area (Å²) in [5.74, 6) is 0. The lowest BCUT2D eigenvalue weighted by atomic mass is 9.66. The maximum Gasteiger partial charge on any atom is -0.00288 e. The molecule has 0 spiro atoms. The van der Waals surface area contributed by atoms with E-state index in [1.165, 1.54) is 49.3 Å². The van der Waals surface area contributed by atoms with E-state index < -0.39 is 0 Å². The topological polar surface area (TPSA) is 12.0 Å². The lowest BCUT2D eigenvalue weighted by Crippen LogP contribution is -2.32. The molecule has 1 N–H and O–H groups in total. The van der Waals surface area contributed by atoms with Crippen molar-refractivity contribution in [1.82, 2.24) is 5.32 Å². The zero-order chi connectivity index (χ0) is 13.8. The number of benzene rings is 2. The van der Waals surface area contributed by atoms with Gasteiger partial charge < -0.3 is 5.32 Å². The Kier molecular flexibility index (Phi) is 4.07. The van der Waals surface area contributed by atoms with Crippen molar-refractivity contribution < 1.29 is 0 Å². The third-order valence-corrected chi connectivity index (χ3v) is 5.03. The first-order valence-corrected chi connectivity index (χ1v) is 7.99. The maximum absolute atomic E-state index is 3.36. The molecular formula is C19H25N. The molecular weight excluding hydrogens is 242 g/mol. The first-order chi connectivity index (χ1) is 9.86. The minimum atomic E-state index is 0.391. The number of fused-ring (bicyclic) bond motifs is 1. The van der Waals surface area contributed by atoms with Gasteiger partial charge in [-0.3, -0.25) is 0 Å². The van der Waals surface area contributed by atoms with Gasteiger partial charge in [0, 0.05) is 0 Å². The second-order valence-electron chi connectivity index (χ2n) is 6.22. The molecule has 0 amide bonds. The normalized spacial score (nSPS) is 18.2. The van der Waals surface area contributed by atoms with Gasteiger partial charge in [0.2, 0.25) is 0 Å². The van der Waals surface area contributed by atoms with Crippen LogP contribution in [0.1, 0.15) is 44.1 Å². The predicted molar refractivity (Wildman–Crippen MR) is 87.3 cm³/mol. The second-order valence-corrected chi connectivity index (χ2v) is 6.22. The first-order valence-electron chi connectivity index (χ1n) is 7.99. The number of hydrogen-bond acceptors (Lipinski definition) is 1. The van der Waals surface area contributed by atoms with Crippen LogP contribution in [0.15, 0.2) is 42.5 Å². The molecule has 1 nitrogen and oxygen atoms in total. The highest BCUT2D eigenvalue weighted by atomic mass is 14.8. The summed E-state index contributed by atoms with van der Waals surface area (Å²) in [5.41, 5.74) is 1.98. The number of nitrogens with one attached hydrogen (secondary N) is 1. The molecule has 20 heavy (non-hydrogen) atoms. The summed E-state index contributed by atoms with van der Waals surface area (Å²) in [6, 6.07) is 15.7. The summed E-state index contributed by atoms with van der Waals surface area (Å²) >= 11 is 0. The third-order valence-electron chi connectivity index (χ3n) is 5.03. The zero-order valence-electron chi connectivity index (χ0n) is 12.5. The zero-order valence-corrected chi connectivity index (χ0v) is 12.5. The maximum atomic E-state index is 3.36. The summed E-state index contributed by atoms with van der Waals surface area (Å²) in [4.78, 5) is 0. The van der Waals surface area contributed by atoms with Crippen LogP contribution in [-0.4, -0.2) is 13.6 Å². The molecule has 0 unspecified atom stereocenters. The van der Waals surface area contributed by atoms with Gasteiger partial charge in [-0.1, -0.05) is 61.7 Å². The molecule has 0 heterocycles. The van der Waals surface area contributed by atoms with Crippen molar-refractivity contribution in [2.45, 2.75) is 43.9 Å². The Bertz CT molecular complexity index is 561. The van der Waals surface area contributed by atoms with Gasteiger partial charge in [0.1, 0.15) is 0 Å². The van der Waals surface area contributed by atoms with Crippen molar-refractivity contribution in [2.24, 2.45) is 0 Å². The number of rotatable bonds is 4. The largest absolute Gasteiger partial charge is 0.320 e. The monoisotopic (exact) mass is 267 g/mol. The highest BCUT2D eigenvalue weighted by Crippen LogP contribution is 2.44. The summed E-state index contributed by atoms with van der Waals surface area (Å²) < 4.78 is 0. The van der Waals surface area contributed by atoms with Crippen molar-refractivity contribution in [2.75, 3.05) is 13.6 Å². The fraction of sp³-hybridized carbons (Fsp3) is 0.474. The molecule has 1 aliphatic carbocycles. The molecule has 1 aliphatic rings. The fourth-order valence-corrected chi connectivity index (χ4v) is 3.93. The van der Waals surface area contributed by atoms with Gasteiger partial charge in [-0.25, -0.2) is 0 Å². The molecule has 3 rings (SSSR count). The molecule has 0 bridgehead atoms. The standard InChI is InChI=1S/C19H25N/c1-20-15-14-19(12-5-2-6-13-19)18-11-7-9-16-8-3-4-10-17(16)18/h3-4,7-11,20H,2,5-6,12-15H2,1H3. The summed E-state index contributed by atoms with van der Waals surface area (Å²) in [5, 5.41) is 6.21. The minimum absolute atomic E-state index is 0.391. The van der Waals surface area contributed by atoms with Gasteiger partial charge in [-0.05, 0) is 54.6 Å². The lowest BCUT2D eigenvalue weighted by Gasteiger charge is -2.39. The average molecular weight is 267 g/mol. The SMILES string of the molecule is CNCCC1(c2cccc3ccccc23)CCCCC1. The molecule has 1 fully saturated rings. The molecule has 0 aromatic heterocycles.